The van der Waals surface area contributed by atoms with Gasteiger partial charge in [-0.05, 0) is 31.7 Å². The Labute approximate surface area is 110 Å². The zero-order valence-electron chi connectivity index (χ0n) is 10.5. The van der Waals surface area contributed by atoms with Gasteiger partial charge >= 0.3 is 6.18 Å². The molecule has 108 valence electrons. The molecule has 0 spiro atoms. The molecular formula is C11H15F3N2O2S. The van der Waals surface area contributed by atoms with Gasteiger partial charge in [0.1, 0.15) is 0 Å². The number of likely N-dealkylation sites (N-methyl/N-ethyl adjacent to an activating group) is 1. The molecule has 0 unspecified atom stereocenters. The summed E-state index contributed by atoms with van der Waals surface area (Å²) in [5.74, 6) is 0. The lowest BCUT2D eigenvalue weighted by molar-refractivity contribution is -0.138. The van der Waals surface area contributed by atoms with E-state index in [0.29, 0.717) is 12.6 Å². The molecule has 1 aromatic carbocycles. The third-order valence-corrected chi connectivity index (χ3v) is 3.95. The minimum atomic E-state index is -4.57. The number of nitrogens with one attached hydrogen (secondary N) is 2. The van der Waals surface area contributed by atoms with Gasteiger partial charge in [0.05, 0.1) is 10.5 Å². The molecule has 0 atom stereocenters. The summed E-state index contributed by atoms with van der Waals surface area (Å²) in [4.78, 5) is -0.387. The lowest BCUT2D eigenvalue weighted by Gasteiger charge is -2.12. The number of hydrogen-bond donors (Lipinski definition) is 2. The van der Waals surface area contributed by atoms with E-state index in [4.69, 9.17) is 0 Å². The van der Waals surface area contributed by atoms with Gasteiger partial charge in [-0.3, -0.25) is 0 Å². The highest BCUT2D eigenvalue weighted by Crippen LogP contribution is 2.33. The molecule has 4 nitrogen and oxygen atoms in total. The Bertz CT molecular complexity index is 541. The zero-order valence-corrected chi connectivity index (χ0v) is 11.3. The second-order valence-corrected chi connectivity index (χ2v) is 5.74. The van der Waals surface area contributed by atoms with E-state index in [2.05, 4.69) is 10.0 Å². The zero-order chi connectivity index (χ0) is 14.7. The lowest BCUT2D eigenvalue weighted by Crippen LogP contribution is -2.30. The van der Waals surface area contributed by atoms with Crippen LogP contribution >= 0.6 is 0 Å². The van der Waals surface area contributed by atoms with E-state index in [1.165, 1.54) is 6.92 Å². The topological polar surface area (TPSA) is 58.2 Å². The molecule has 1 aromatic rings. The largest absolute Gasteiger partial charge is 0.416 e. The molecule has 0 heterocycles. The van der Waals surface area contributed by atoms with Gasteiger partial charge < -0.3 is 5.32 Å². The van der Waals surface area contributed by atoms with Gasteiger partial charge in [0, 0.05) is 13.1 Å². The van der Waals surface area contributed by atoms with Crippen LogP contribution in [0.2, 0.25) is 0 Å². The first kappa shape index (κ1) is 15.9. The molecule has 8 heteroatoms. The van der Waals surface area contributed by atoms with Crippen LogP contribution in [0.3, 0.4) is 0 Å². The van der Waals surface area contributed by atoms with E-state index in [1.807, 2.05) is 0 Å². The Balaban J connectivity index is 3.09. The van der Waals surface area contributed by atoms with Crippen molar-refractivity contribution >= 4 is 10.0 Å². The normalized spacial score (nSPS) is 12.7. The summed E-state index contributed by atoms with van der Waals surface area (Å²) in [5, 5.41) is 2.73. The fraction of sp³-hybridized carbons (Fsp3) is 0.455. The van der Waals surface area contributed by atoms with Gasteiger partial charge in [-0.1, -0.05) is 6.07 Å². The van der Waals surface area contributed by atoms with Crippen molar-refractivity contribution in [2.24, 2.45) is 0 Å². The highest BCUT2D eigenvalue weighted by atomic mass is 32.2. The van der Waals surface area contributed by atoms with E-state index < -0.39 is 21.8 Å². The number of halogens is 3. The molecule has 0 aromatic heterocycles. The van der Waals surface area contributed by atoms with E-state index in [-0.39, 0.29) is 17.0 Å². The van der Waals surface area contributed by atoms with Crippen molar-refractivity contribution in [3.05, 3.63) is 29.3 Å². The van der Waals surface area contributed by atoms with Crippen LogP contribution in [0.4, 0.5) is 13.2 Å². The Morgan fingerprint density at radius 3 is 2.37 bits per heavy atom. The van der Waals surface area contributed by atoms with Crippen molar-refractivity contribution < 1.29 is 21.6 Å². The highest BCUT2D eigenvalue weighted by Gasteiger charge is 2.33. The minimum Gasteiger partial charge on any atom is -0.318 e. The average Bonchev–Trinajstić information content (AvgIpc) is 2.27. The number of benzene rings is 1. The quantitative estimate of drug-likeness (QED) is 0.810. The van der Waals surface area contributed by atoms with E-state index >= 15 is 0 Å². The van der Waals surface area contributed by atoms with E-state index in [1.54, 1.807) is 7.05 Å². The summed E-state index contributed by atoms with van der Waals surface area (Å²) >= 11 is 0. The first-order valence-electron chi connectivity index (χ1n) is 5.50. The third-order valence-electron chi connectivity index (χ3n) is 2.49. The van der Waals surface area contributed by atoms with E-state index in [0.717, 1.165) is 12.1 Å². The van der Waals surface area contributed by atoms with Gasteiger partial charge in [-0.15, -0.1) is 0 Å². The summed E-state index contributed by atoms with van der Waals surface area (Å²) in [7, 11) is -2.28. The molecule has 0 aliphatic heterocycles. The van der Waals surface area contributed by atoms with Crippen molar-refractivity contribution in [3.63, 3.8) is 0 Å². The molecule has 0 aliphatic rings. The third kappa shape index (κ3) is 4.19. The number of aryl methyl sites for hydroxylation is 1. The van der Waals surface area contributed by atoms with Crippen LogP contribution < -0.4 is 10.0 Å². The van der Waals surface area contributed by atoms with Gasteiger partial charge in [0.15, 0.2) is 0 Å². The highest BCUT2D eigenvalue weighted by molar-refractivity contribution is 7.89. The van der Waals surface area contributed by atoms with Crippen LogP contribution in [0, 0.1) is 6.92 Å². The number of sulfonamides is 1. The van der Waals surface area contributed by atoms with Crippen molar-refractivity contribution in [2.75, 3.05) is 20.1 Å². The molecule has 0 bridgehead atoms. The number of rotatable bonds is 5. The SMILES string of the molecule is CNCCNS(=O)(=O)c1ccc(C)c(C(F)(F)F)c1. The molecule has 0 radical (unpaired) electrons. The molecule has 2 N–H and O–H groups in total. The Morgan fingerprint density at radius 1 is 1.21 bits per heavy atom. The molecule has 0 fully saturated rings. The lowest BCUT2D eigenvalue weighted by atomic mass is 10.1. The smallest absolute Gasteiger partial charge is 0.318 e. The first-order valence-corrected chi connectivity index (χ1v) is 6.99. The van der Waals surface area contributed by atoms with Crippen molar-refractivity contribution in [3.8, 4) is 0 Å². The summed E-state index contributed by atoms with van der Waals surface area (Å²) < 4.78 is 63.9. The average molecular weight is 296 g/mol. The minimum absolute atomic E-state index is 0.0123. The molecule has 19 heavy (non-hydrogen) atoms. The second-order valence-electron chi connectivity index (χ2n) is 3.98. The van der Waals surface area contributed by atoms with Crippen molar-refractivity contribution in [2.45, 2.75) is 18.0 Å². The Morgan fingerprint density at radius 2 is 1.84 bits per heavy atom. The fourth-order valence-electron chi connectivity index (χ4n) is 1.47. The summed E-state index contributed by atoms with van der Waals surface area (Å²) in [6.45, 7) is 1.78. The fourth-order valence-corrected chi connectivity index (χ4v) is 2.53. The second kappa shape index (κ2) is 5.89. The molecule has 0 amide bonds. The van der Waals surface area contributed by atoms with Crippen LogP contribution in [0.1, 0.15) is 11.1 Å². The molecular weight excluding hydrogens is 281 g/mol. The van der Waals surface area contributed by atoms with Crippen molar-refractivity contribution in [1.82, 2.24) is 10.0 Å². The molecule has 0 aliphatic carbocycles. The predicted molar refractivity (Wildman–Crippen MR) is 65.3 cm³/mol. The van der Waals surface area contributed by atoms with Gasteiger partial charge in [0.25, 0.3) is 0 Å². The van der Waals surface area contributed by atoms with Crippen LogP contribution in [-0.2, 0) is 16.2 Å². The van der Waals surface area contributed by atoms with Crippen LogP contribution in [0.15, 0.2) is 23.1 Å². The molecule has 0 saturated heterocycles. The Hall–Kier alpha value is -1.12. The molecule has 1 rings (SSSR count). The monoisotopic (exact) mass is 296 g/mol. The van der Waals surface area contributed by atoms with Gasteiger partial charge in [-0.25, -0.2) is 13.1 Å². The summed E-state index contributed by atoms with van der Waals surface area (Å²) in [6, 6.07) is 2.96. The van der Waals surface area contributed by atoms with E-state index in [9.17, 15) is 21.6 Å². The van der Waals surface area contributed by atoms with Crippen molar-refractivity contribution in [1.29, 1.82) is 0 Å². The van der Waals surface area contributed by atoms with Gasteiger partial charge in [-0.2, -0.15) is 13.2 Å². The van der Waals surface area contributed by atoms with Crippen LogP contribution in [0.5, 0.6) is 0 Å². The Kier molecular flexibility index (Phi) is 4.94. The first-order chi connectivity index (χ1) is 8.68. The molecule has 0 saturated carbocycles. The summed E-state index contributed by atoms with van der Waals surface area (Å²) in [5.41, 5.74) is -0.953. The summed E-state index contributed by atoms with van der Waals surface area (Å²) in [6.07, 6.45) is -4.57. The van der Waals surface area contributed by atoms with Crippen LogP contribution in [-0.4, -0.2) is 28.6 Å². The predicted octanol–water partition coefficient (Wildman–Crippen LogP) is 1.51. The standard InChI is InChI=1S/C11H15F3N2O2S/c1-8-3-4-9(7-10(8)11(12,13)14)19(17,18)16-6-5-15-2/h3-4,7,15-16H,5-6H2,1-2H3. The number of alkyl halides is 3. The maximum Gasteiger partial charge on any atom is 0.416 e. The van der Waals surface area contributed by atoms with Crippen LogP contribution in [0.25, 0.3) is 0 Å². The van der Waals surface area contributed by atoms with Gasteiger partial charge in [0.2, 0.25) is 10.0 Å². The maximum atomic E-state index is 12.7. The number of hydrogen-bond acceptors (Lipinski definition) is 3. The maximum absolute atomic E-state index is 12.7.